The molecule has 142 valence electrons. The van der Waals surface area contributed by atoms with Gasteiger partial charge in [0.2, 0.25) is 5.75 Å². The standard InChI is InChI=1S/C20H22N2O5/c1-5-10-27-16-9-7-6-8-15(16)20(23)22-21-13-14-11-17(24-2)19(26-4)18(12-14)25-3/h5-9,11-13H,1,10H2,2-4H3,(H,22,23)/b21-13+. The number of methoxy groups -OCH3 is 3. The first-order valence-electron chi connectivity index (χ1n) is 8.10. The van der Waals surface area contributed by atoms with E-state index in [4.69, 9.17) is 18.9 Å². The molecule has 2 rings (SSSR count). The van der Waals surface area contributed by atoms with Crippen LogP contribution in [0.25, 0.3) is 0 Å². The van der Waals surface area contributed by atoms with Gasteiger partial charge in [0.1, 0.15) is 12.4 Å². The lowest BCUT2D eigenvalue weighted by atomic mass is 10.2. The van der Waals surface area contributed by atoms with Crippen molar-refractivity contribution in [3.8, 4) is 23.0 Å². The zero-order valence-electron chi connectivity index (χ0n) is 15.5. The van der Waals surface area contributed by atoms with Crippen molar-refractivity contribution in [3.05, 3.63) is 60.2 Å². The lowest BCUT2D eigenvalue weighted by Gasteiger charge is -2.12. The minimum atomic E-state index is -0.390. The molecule has 0 fully saturated rings. The lowest BCUT2D eigenvalue weighted by molar-refractivity contribution is 0.0951. The Bertz CT molecular complexity index is 808. The van der Waals surface area contributed by atoms with E-state index in [2.05, 4.69) is 17.1 Å². The van der Waals surface area contributed by atoms with Gasteiger partial charge in [-0.15, -0.1) is 0 Å². The van der Waals surface area contributed by atoms with E-state index in [9.17, 15) is 4.79 Å². The largest absolute Gasteiger partial charge is 0.493 e. The van der Waals surface area contributed by atoms with Crippen molar-refractivity contribution in [3.63, 3.8) is 0 Å². The van der Waals surface area contributed by atoms with Gasteiger partial charge in [-0.3, -0.25) is 4.79 Å². The molecule has 1 N–H and O–H groups in total. The molecule has 1 amide bonds. The number of amides is 1. The van der Waals surface area contributed by atoms with Crippen LogP contribution >= 0.6 is 0 Å². The van der Waals surface area contributed by atoms with Crippen molar-refractivity contribution in [2.75, 3.05) is 27.9 Å². The van der Waals surface area contributed by atoms with Gasteiger partial charge in [-0.25, -0.2) is 5.43 Å². The van der Waals surface area contributed by atoms with Crippen molar-refractivity contribution in [1.82, 2.24) is 5.43 Å². The normalized spacial score (nSPS) is 10.3. The second-order valence-corrected chi connectivity index (χ2v) is 5.25. The van der Waals surface area contributed by atoms with Crippen LogP contribution in [-0.2, 0) is 0 Å². The quantitative estimate of drug-likeness (QED) is 0.417. The monoisotopic (exact) mass is 370 g/mol. The van der Waals surface area contributed by atoms with Gasteiger partial charge in [-0.2, -0.15) is 5.10 Å². The number of benzene rings is 2. The van der Waals surface area contributed by atoms with E-state index >= 15 is 0 Å². The third-order valence-corrected chi connectivity index (χ3v) is 3.56. The Balaban J connectivity index is 2.16. The molecule has 0 unspecified atom stereocenters. The van der Waals surface area contributed by atoms with E-state index in [-0.39, 0.29) is 0 Å². The number of nitrogens with zero attached hydrogens (tertiary/aromatic N) is 1. The highest BCUT2D eigenvalue weighted by Crippen LogP contribution is 2.37. The van der Waals surface area contributed by atoms with Crippen LogP contribution in [0, 0.1) is 0 Å². The highest BCUT2D eigenvalue weighted by molar-refractivity contribution is 5.97. The molecule has 7 heteroatoms. The SMILES string of the molecule is C=CCOc1ccccc1C(=O)N/N=C/c1cc(OC)c(OC)c(OC)c1. The summed E-state index contributed by atoms with van der Waals surface area (Å²) in [5.74, 6) is 1.53. The first-order chi connectivity index (χ1) is 13.1. The van der Waals surface area contributed by atoms with E-state index < -0.39 is 5.91 Å². The minimum absolute atomic E-state index is 0.305. The summed E-state index contributed by atoms with van der Waals surface area (Å²) >= 11 is 0. The Labute approximate surface area is 158 Å². The van der Waals surface area contributed by atoms with Crippen LogP contribution in [-0.4, -0.2) is 40.1 Å². The molecule has 0 spiro atoms. The fourth-order valence-electron chi connectivity index (χ4n) is 2.33. The molecule has 0 atom stereocenters. The van der Waals surface area contributed by atoms with Crippen molar-refractivity contribution >= 4 is 12.1 Å². The summed E-state index contributed by atoms with van der Waals surface area (Å²) in [5, 5.41) is 3.99. The second kappa shape index (κ2) is 9.86. The first kappa shape index (κ1) is 19.8. The first-order valence-corrected chi connectivity index (χ1v) is 8.10. The number of hydrazone groups is 1. The van der Waals surface area contributed by atoms with E-state index in [1.54, 1.807) is 42.5 Å². The van der Waals surface area contributed by atoms with Crippen molar-refractivity contribution < 1.29 is 23.7 Å². The van der Waals surface area contributed by atoms with Crippen LogP contribution in [0.1, 0.15) is 15.9 Å². The van der Waals surface area contributed by atoms with E-state index in [1.165, 1.54) is 27.5 Å². The van der Waals surface area contributed by atoms with Crippen molar-refractivity contribution in [1.29, 1.82) is 0 Å². The maximum absolute atomic E-state index is 12.4. The smallest absolute Gasteiger partial charge is 0.275 e. The minimum Gasteiger partial charge on any atom is -0.493 e. The van der Waals surface area contributed by atoms with Gasteiger partial charge in [0.25, 0.3) is 5.91 Å². The van der Waals surface area contributed by atoms with Gasteiger partial charge in [-0.05, 0) is 24.3 Å². The zero-order chi connectivity index (χ0) is 19.6. The van der Waals surface area contributed by atoms with Gasteiger partial charge in [0.15, 0.2) is 11.5 Å². The maximum Gasteiger partial charge on any atom is 0.275 e. The Kier molecular flexibility index (Phi) is 7.25. The molecular weight excluding hydrogens is 348 g/mol. The number of nitrogens with one attached hydrogen (secondary N) is 1. The van der Waals surface area contributed by atoms with Crippen LogP contribution in [0.2, 0.25) is 0 Å². The third kappa shape index (κ3) is 5.01. The fourth-order valence-corrected chi connectivity index (χ4v) is 2.33. The molecule has 0 radical (unpaired) electrons. The highest BCUT2D eigenvalue weighted by Gasteiger charge is 2.13. The predicted octanol–water partition coefficient (Wildman–Crippen LogP) is 3.04. The molecular formula is C20H22N2O5. The van der Waals surface area contributed by atoms with Gasteiger partial charge in [0, 0.05) is 5.56 Å². The van der Waals surface area contributed by atoms with Crippen molar-refractivity contribution in [2.24, 2.45) is 5.10 Å². The van der Waals surface area contributed by atoms with Crippen LogP contribution in [0.5, 0.6) is 23.0 Å². The predicted molar refractivity (Wildman–Crippen MR) is 103 cm³/mol. The summed E-state index contributed by atoms with van der Waals surface area (Å²) in [7, 11) is 4.58. The van der Waals surface area contributed by atoms with Gasteiger partial charge < -0.3 is 18.9 Å². The Hall–Kier alpha value is -3.48. The Morgan fingerprint density at radius 3 is 2.33 bits per heavy atom. The number of carbonyl (C=O) groups is 1. The molecule has 0 heterocycles. The van der Waals surface area contributed by atoms with Gasteiger partial charge in [0.05, 0.1) is 33.1 Å². The summed E-state index contributed by atoms with van der Waals surface area (Å²) in [6.45, 7) is 3.90. The molecule has 0 aromatic heterocycles. The molecule has 2 aromatic rings. The number of para-hydroxylation sites is 1. The van der Waals surface area contributed by atoms with Crippen LogP contribution in [0.15, 0.2) is 54.2 Å². The molecule has 0 saturated heterocycles. The molecule has 0 aliphatic rings. The summed E-state index contributed by atoms with van der Waals surface area (Å²) in [6.07, 6.45) is 3.09. The average molecular weight is 370 g/mol. The van der Waals surface area contributed by atoms with Gasteiger partial charge in [-0.1, -0.05) is 24.8 Å². The molecule has 0 aliphatic carbocycles. The average Bonchev–Trinajstić information content (AvgIpc) is 2.71. The third-order valence-electron chi connectivity index (χ3n) is 3.56. The van der Waals surface area contributed by atoms with Crippen LogP contribution in [0.4, 0.5) is 0 Å². The fraction of sp³-hybridized carbons (Fsp3) is 0.200. The van der Waals surface area contributed by atoms with Crippen LogP contribution < -0.4 is 24.4 Å². The Morgan fingerprint density at radius 2 is 1.74 bits per heavy atom. The Morgan fingerprint density at radius 1 is 1.07 bits per heavy atom. The van der Waals surface area contributed by atoms with Gasteiger partial charge >= 0.3 is 0 Å². The van der Waals surface area contributed by atoms with Crippen LogP contribution in [0.3, 0.4) is 0 Å². The molecule has 2 aromatic carbocycles. The highest BCUT2D eigenvalue weighted by atomic mass is 16.5. The number of carbonyl (C=O) groups excluding carboxylic acids is 1. The summed E-state index contributed by atoms with van der Waals surface area (Å²) < 4.78 is 21.3. The number of rotatable bonds is 9. The molecule has 0 bridgehead atoms. The topological polar surface area (TPSA) is 78.4 Å². The zero-order valence-corrected chi connectivity index (χ0v) is 15.5. The number of ether oxygens (including phenoxy) is 4. The molecule has 7 nitrogen and oxygen atoms in total. The maximum atomic E-state index is 12.4. The molecule has 0 saturated carbocycles. The van der Waals surface area contributed by atoms with E-state index in [1.807, 2.05) is 0 Å². The number of hydrogen-bond donors (Lipinski definition) is 1. The summed E-state index contributed by atoms with van der Waals surface area (Å²) in [4.78, 5) is 12.4. The molecule has 27 heavy (non-hydrogen) atoms. The number of hydrogen-bond acceptors (Lipinski definition) is 6. The summed E-state index contributed by atoms with van der Waals surface area (Å²) in [6, 6.07) is 10.3. The molecule has 0 aliphatic heterocycles. The van der Waals surface area contributed by atoms with E-state index in [0.717, 1.165) is 0 Å². The van der Waals surface area contributed by atoms with E-state index in [0.29, 0.717) is 40.7 Å². The lowest BCUT2D eigenvalue weighted by Crippen LogP contribution is -2.18. The van der Waals surface area contributed by atoms with Crippen molar-refractivity contribution in [2.45, 2.75) is 0 Å². The summed E-state index contributed by atoms with van der Waals surface area (Å²) in [5.41, 5.74) is 3.52. The second-order valence-electron chi connectivity index (χ2n) is 5.25.